The van der Waals surface area contributed by atoms with Gasteiger partial charge in [0.15, 0.2) is 11.4 Å². The second kappa shape index (κ2) is 6.79. The van der Waals surface area contributed by atoms with Crippen molar-refractivity contribution in [2.75, 3.05) is 20.3 Å². The SMILES string of the molecule is COC1(c2ccc(-c3cc4c(C(C)=O)cc(C)cc4nc3C#N)cn2)COC1. The Morgan fingerprint density at radius 2 is 2.07 bits per heavy atom. The molecule has 0 saturated carbocycles. The van der Waals surface area contributed by atoms with Crippen molar-refractivity contribution in [1.82, 2.24) is 9.97 Å². The number of rotatable bonds is 4. The molecule has 1 aliphatic rings. The first-order valence-corrected chi connectivity index (χ1v) is 8.93. The number of aryl methyl sites for hydroxylation is 1. The van der Waals surface area contributed by atoms with Gasteiger partial charge in [-0.1, -0.05) is 6.07 Å². The van der Waals surface area contributed by atoms with Crippen LogP contribution in [0.3, 0.4) is 0 Å². The Kier molecular flexibility index (Phi) is 4.42. The topological polar surface area (TPSA) is 85.1 Å². The minimum atomic E-state index is -0.502. The normalized spacial score (nSPS) is 15.1. The van der Waals surface area contributed by atoms with E-state index in [1.807, 2.05) is 37.3 Å². The first kappa shape index (κ1) is 18.2. The van der Waals surface area contributed by atoms with Gasteiger partial charge in [-0.05, 0) is 43.7 Å². The fourth-order valence-corrected chi connectivity index (χ4v) is 3.49. The van der Waals surface area contributed by atoms with Crippen LogP contribution in [-0.2, 0) is 15.1 Å². The third-order valence-electron chi connectivity index (χ3n) is 5.17. The highest BCUT2D eigenvalue weighted by Gasteiger charge is 2.42. The standard InChI is InChI=1S/C22H19N3O3/c1-13-6-16(14(2)26)18-8-17(20(9-23)25-19(18)7-13)15-4-5-21(24-10-15)22(27-3)11-28-12-22/h4-8,10H,11-12H2,1-3H3. The molecule has 1 aliphatic heterocycles. The molecule has 0 bridgehead atoms. The summed E-state index contributed by atoms with van der Waals surface area (Å²) in [7, 11) is 1.64. The van der Waals surface area contributed by atoms with Gasteiger partial charge in [0.25, 0.3) is 0 Å². The maximum Gasteiger partial charge on any atom is 0.160 e. The van der Waals surface area contributed by atoms with E-state index < -0.39 is 5.60 Å². The van der Waals surface area contributed by atoms with Gasteiger partial charge in [-0.3, -0.25) is 9.78 Å². The van der Waals surface area contributed by atoms with Crippen LogP contribution in [-0.4, -0.2) is 36.1 Å². The van der Waals surface area contributed by atoms with Crippen LogP contribution in [0.15, 0.2) is 36.5 Å². The number of aromatic nitrogens is 2. The van der Waals surface area contributed by atoms with Gasteiger partial charge in [-0.2, -0.15) is 5.26 Å². The van der Waals surface area contributed by atoms with Gasteiger partial charge in [0.05, 0.1) is 24.4 Å². The zero-order valence-electron chi connectivity index (χ0n) is 15.9. The Labute approximate surface area is 162 Å². The van der Waals surface area contributed by atoms with E-state index in [0.29, 0.717) is 35.6 Å². The summed E-state index contributed by atoms with van der Waals surface area (Å²) in [6.07, 6.45) is 1.71. The van der Waals surface area contributed by atoms with Crippen molar-refractivity contribution in [3.05, 3.63) is 59.0 Å². The largest absolute Gasteiger partial charge is 0.374 e. The van der Waals surface area contributed by atoms with Crippen molar-refractivity contribution in [2.45, 2.75) is 19.4 Å². The van der Waals surface area contributed by atoms with Crippen LogP contribution in [0.25, 0.3) is 22.0 Å². The summed E-state index contributed by atoms with van der Waals surface area (Å²) in [5.41, 5.74) is 4.17. The molecule has 0 N–H and O–H groups in total. The van der Waals surface area contributed by atoms with E-state index in [2.05, 4.69) is 16.0 Å². The van der Waals surface area contributed by atoms with Crippen molar-refractivity contribution in [3.8, 4) is 17.2 Å². The third kappa shape index (κ3) is 2.85. The molecule has 0 unspecified atom stereocenters. The van der Waals surface area contributed by atoms with Crippen molar-refractivity contribution < 1.29 is 14.3 Å². The van der Waals surface area contributed by atoms with Crippen molar-refractivity contribution in [3.63, 3.8) is 0 Å². The van der Waals surface area contributed by atoms with Crippen LogP contribution in [0.5, 0.6) is 0 Å². The van der Waals surface area contributed by atoms with E-state index >= 15 is 0 Å². The maximum atomic E-state index is 12.1. The number of hydrogen-bond donors (Lipinski definition) is 0. The zero-order chi connectivity index (χ0) is 19.9. The Morgan fingerprint density at radius 3 is 2.61 bits per heavy atom. The lowest BCUT2D eigenvalue weighted by atomic mass is 9.94. The minimum absolute atomic E-state index is 0.0355. The van der Waals surface area contributed by atoms with E-state index in [4.69, 9.17) is 9.47 Å². The lowest BCUT2D eigenvalue weighted by Crippen LogP contribution is -2.48. The number of nitriles is 1. The van der Waals surface area contributed by atoms with Crippen LogP contribution in [0, 0.1) is 18.3 Å². The molecule has 6 heteroatoms. The number of carbonyl (C=O) groups is 1. The predicted molar refractivity (Wildman–Crippen MR) is 104 cm³/mol. The highest BCUT2D eigenvalue weighted by molar-refractivity contribution is 6.07. The average molecular weight is 373 g/mol. The highest BCUT2D eigenvalue weighted by atomic mass is 16.6. The first-order valence-electron chi connectivity index (χ1n) is 8.93. The van der Waals surface area contributed by atoms with E-state index in [0.717, 1.165) is 22.2 Å². The summed E-state index contributed by atoms with van der Waals surface area (Å²) < 4.78 is 10.8. The summed E-state index contributed by atoms with van der Waals surface area (Å²) in [5, 5.41) is 10.4. The number of ether oxygens (including phenoxy) is 2. The summed E-state index contributed by atoms with van der Waals surface area (Å²) in [4.78, 5) is 21.2. The van der Waals surface area contributed by atoms with E-state index in [9.17, 15) is 10.1 Å². The van der Waals surface area contributed by atoms with Crippen LogP contribution in [0.2, 0.25) is 0 Å². The highest BCUT2D eigenvalue weighted by Crippen LogP contribution is 2.34. The Balaban J connectivity index is 1.86. The molecule has 140 valence electrons. The average Bonchev–Trinajstić information content (AvgIpc) is 2.66. The molecular weight excluding hydrogens is 354 g/mol. The van der Waals surface area contributed by atoms with Gasteiger partial charge in [-0.25, -0.2) is 4.98 Å². The predicted octanol–water partition coefficient (Wildman–Crippen LogP) is 3.55. The maximum absolute atomic E-state index is 12.1. The lowest BCUT2D eigenvalue weighted by molar-refractivity contribution is -0.204. The molecule has 0 atom stereocenters. The summed E-state index contributed by atoms with van der Waals surface area (Å²) in [5.74, 6) is -0.0355. The molecule has 0 radical (unpaired) electrons. The smallest absolute Gasteiger partial charge is 0.160 e. The molecule has 3 aromatic rings. The first-order chi connectivity index (χ1) is 13.5. The van der Waals surface area contributed by atoms with E-state index in [1.165, 1.54) is 6.92 Å². The van der Waals surface area contributed by atoms with E-state index in [-0.39, 0.29) is 5.78 Å². The molecule has 2 aromatic heterocycles. The molecule has 1 aromatic carbocycles. The molecule has 28 heavy (non-hydrogen) atoms. The summed E-state index contributed by atoms with van der Waals surface area (Å²) in [6, 6.07) is 11.5. The van der Waals surface area contributed by atoms with Crippen molar-refractivity contribution in [2.24, 2.45) is 0 Å². The number of methoxy groups -OCH3 is 1. The van der Waals surface area contributed by atoms with Gasteiger partial charge < -0.3 is 9.47 Å². The zero-order valence-corrected chi connectivity index (χ0v) is 15.9. The van der Waals surface area contributed by atoms with Gasteiger partial charge >= 0.3 is 0 Å². The van der Waals surface area contributed by atoms with Gasteiger partial charge in [0.1, 0.15) is 11.8 Å². The summed E-state index contributed by atoms with van der Waals surface area (Å²) >= 11 is 0. The van der Waals surface area contributed by atoms with Gasteiger partial charge in [0, 0.05) is 35.4 Å². The number of carbonyl (C=O) groups excluding carboxylic acids is 1. The molecule has 3 heterocycles. The lowest BCUT2D eigenvalue weighted by Gasteiger charge is -2.39. The third-order valence-corrected chi connectivity index (χ3v) is 5.17. The molecule has 1 saturated heterocycles. The fraction of sp³-hybridized carbons (Fsp3) is 0.273. The molecule has 1 fully saturated rings. The van der Waals surface area contributed by atoms with Crippen molar-refractivity contribution in [1.29, 1.82) is 5.26 Å². The second-order valence-electron chi connectivity index (χ2n) is 7.06. The molecular formula is C22H19N3O3. The Hall–Kier alpha value is -3.14. The van der Waals surface area contributed by atoms with Gasteiger partial charge in [0.2, 0.25) is 0 Å². The number of fused-ring (bicyclic) bond motifs is 1. The number of pyridine rings is 2. The minimum Gasteiger partial charge on any atom is -0.374 e. The van der Waals surface area contributed by atoms with Crippen LogP contribution in [0.1, 0.15) is 34.2 Å². The van der Waals surface area contributed by atoms with Crippen molar-refractivity contribution >= 4 is 16.7 Å². The monoisotopic (exact) mass is 373 g/mol. The quantitative estimate of drug-likeness (QED) is 0.650. The second-order valence-corrected chi connectivity index (χ2v) is 7.06. The molecule has 6 nitrogen and oxygen atoms in total. The summed E-state index contributed by atoms with van der Waals surface area (Å²) in [6.45, 7) is 4.38. The Bertz CT molecular complexity index is 1120. The number of ketones is 1. The number of benzene rings is 1. The number of Topliss-reactive ketones (excluding diaryl/α,β-unsaturated/α-hetero) is 1. The van der Waals surface area contributed by atoms with Gasteiger partial charge in [-0.15, -0.1) is 0 Å². The fourth-order valence-electron chi connectivity index (χ4n) is 3.49. The molecule has 4 rings (SSSR count). The molecule has 0 aliphatic carbocycles. The van der Waals surface area contributed by atoms with Crippen LogP contribution < -0.4 is 0 Å². The van der Waals surface area contributed by atoms with E-state index in [1.54, 1.807) is 13.3 Å². The van der Waals surface area contributed by atoms with Crippen LogP contribution in [0.4, 0.5) is 0 Å². The Morgan fingerprint density at radius 1 is 1.29 bits per heavy atom. The number of hydrogen-bond acceptors (Lipinski definition) is 6. The molecule has 0 amide bonds. The number of nitrogens with zero attached hydrogens (tertiary/aromatic N) is 3. The molecule has 0 spiro atoms. The van der Waals surface area contributed by atoms with Crippen LogP contribution >= 0.6 is 0 Å².